The van der Waals surface area contributed by atoms with Crippen molar-refractivity contribution in [3.8, 4) is 5.75 Å². The lowest BCUT2D eigenvalue weighted by Crippen LogP contribution is -2.42. The van der Waals surface area contributed by atoms with Crippen LogP contribution in [0.15, 0.2) is 29.3 Å². The van der Waals surface area contributed by atoms with E-state index in [4.69, 9.17) is 4.74 Å². The van der Waals surface area contributed by atoms with Crippen LogP contribution in [0.3, 0.4) is 0 Å². The summed E-state index contributed by atoms with van der Waals surface area (Å²) in [5, 5.41) is 6.86. The number of hydrogen-bond donors (Lipinski definition) is 2. The minimum Gasteiger partial charge on any atom is -0.494 e. The van der Waals surface area contributed by atoms with Crippen LogP contribution in [0, 0.1) is 0 Å². The summed E-state index contributed by atoms with van der Waals surface area (Å²) in [5.41, 5.74) is 1.14. The maximum Gasteiger partial charge on any atom is 0.191 e. The van der Waals surface area contributed by atoms with Crippen molar-refractivity contribution in [1.82, 2.24) is 15.5 Å². The molecule has 0 saturated carbocycles. The Kier molecular flexibility index (Phi) is 14.5. The largest absolute Gasteiger partial charge is 0.494 e. The van der Waals surface area contributed by atoms with Gasteiger partial charge in [-0.15, -0.1) is 24.0 Å². The highest BCUT2D eigenvalue weighted by atomic mass is 127. The number of benzene rings is 1. The molecule has 0 saturated heterocycles. The third-order valence-corrected chi connectivity index (χ3v) is 4.33. The standard InChI is InChI=1S/C20H36N4O.HI/c1-6-24(7-2)15-11-12-17(4)23-20(21-5)22-16-18-13-9-10-14-19(18)25-8-3;/h9-10,13-14,17H,6-8,11-12,15-16H2,1-5H3,(H2,21,22,23);1H. The molecule has 2 N–H and O–H groups in total. The maximum absolute atomic E-state index is 5.68. The SMILES string of the molecule is CCOc1ccccc1CNC(=NC)NC(C)CCCN(CC)CC.I. The zero-order valence-corrected chi connectivity index (χ0v) is 19.4. The number of nitrogens with zero attached hydrogens (tertiary/aromatic N) is 2. The first-order valence-corrected chi connectivity index (χ1v) is 9.54. The van der Waals surface area contributed by atoms with E-state index in [-0.39, 0.29) is 24.0 Å². The van der Waals surface area contributed by atoms with Gasteiger partial charge in [-0.3, -0.25) is 4.99 Å². The fourth-order valence-corrected chi connectivity index (χ4v) is 2.79. The van der Waals surface area contributed by atoms with Crippen molar-refractivity contribution in [3.05, 3.63) is 29.8 Å². The van der Waals surface area contributed by atoms with Gasteiger partial charge in [-0.25, -0.2) is 0 Å². The number of hydrogen-bond acceptors (Lipinski definition) is 3. The molecule has 0 spiro atoms. The van der Waals surface area contributed by atoms with Crippen molar-refractivity contribution < 1.29 is 4.74 Å². The molecule has 0 aliphatic carbocycles. The van der Waals surface area contributed by atoms with E-state index in [1.165, 1.54) is 6.42 Å². The van der Waals surface area contributed by atoms with Crippen molar-refractivity contribution >= 4 is 29.9 Å². The van der Waals surface area contributed by atoms with E-state index in [0.717, 1.165) is 43.3 Å². The second kappa shape index (κ2) is 15.1. The van der Waals surface area contributed by atoms with E-state index in [2.05, 4.69) is 47.4 Å². The molecule has 6 heteroatoms. The smallest absolute Gasteiger partial charge is 0.191 e. The van der Waals surface area contributed by atoms with Gasteiger partial charge >= 0.3 is 0 Å². The Morgan fingerprint density at radius 2 is 1.88 bits per heavy atom. The van der Waals surface area contributed by atoms with Gasteiger partial charge in [-0.1, -0.05) is 32.0 Å². The van der Waals surface area contributed by atoms with Crippen molar-refractivity contribution in [3.63, 3.8) is 0 Å². The molecule has 0 bridgehead atoms. The highest BCUT2D eigenvalue weighted by molar-refractivity contribution is 14.0. The molecule has 26 heavy (non-hydrogen) atoms. The monoisotopic (exact) mass is 476 g/mol. The van der Waals surface area contributed by atoms with Gasteiger partial charge < -0.3 is 20.3 Å². The molecule has 0 aliphatic rings. The lowest BCUT2D eigenvalue weighted by Gasteiger charge is -2.21. The Bertz CT molecular complexity index is 506. The Hall–Kier alpha value is -1.02. The number of nitrogens with one attached hydrogen (secondary N) is 2. The molecule has 0 aliphatic heterocycles. The van der Waals surface area contributed by atoms with Gasteiger partial charge in [-0.05, 0) is 52.4 Å². The molecule has 0 fully saturated rings. The molecular formula is C20H37IN4O. The molecule has 1 unspecified atom stereocenters. The van der Waals surface area contributed by atoms with Crippen molar-refractivity contribution in [2.45, 2.75) is 53.1 Å². The minimum absolute atomic E-state index is 0. The van der Waals surface area contributed by atoms with Crippen LogP contribution in [0.25, 0.3) is 0 Å². The summed E-state index contributed by atoms with van der Waals surface area (Å²) in [7, 11) is 1.81. The van der Waals surface area contributed by atoms with Crippen LogP contribution >= 0.6 is 24.0 Å². The maximum atomic E-state index is 5.68. The first-order chi connectivity index (χ1) is 12.1. The third kappa shape index (κ3) is 9.62. The van der Waals surface area contributed by atoms with Crippen LogP contribution in [0.2, 0.25) is 0 Å². The molecule has 0 heterocycles. The first kappa shape index (κ1) is 25.0. The topological polar surface area (TPSA) is 48.9 Å². The zero-order valence-electron chi connectivity index (χ0n) is 17.0. The van der Waals surface area contributed by atoms with Gasteiger partial charge in [0.05, 0.1) is 6.61 Å². The number of halogens is 1. The van der Waals surface area contributed by atoms with Crippen LogP contribution in [0.1, 0.15) is 46.1 Å². The van der Waals surface area contributed by atoms with E-state index in [1.807, 2.05) is 32.2 Å². The normalized spacial score (nSPS) is 12.5. The number of para-hydroxylation sites is 1. The second-order valence-corrected chi connectivity index (χ2v) is 6.18. The van der Waals surface area contributed by atoms with E-state index >= 15 is 0 Å². The molecule has 0 radical (unpaired) electrons. The number of ether oxygens (including phenoxy) is 1. The predicted octanol–water partition coefficient (Wildman–Crippen LogP) is 3.88. The van der Waals surface area contributed by atoms with Gasteiger partial charge in [-0.2, -0.15) is 0 Å². The number of rotatable bonds is 11. The molecule has 0 aromatic heterocycles. The molecule has 1 aromatic rings. The fraction of sp³-hybridized carbons (Fsp3) is 0.650. The molecule has 0 amide bonds. The fourth-order valence-electron chi connectivity index (χ4n) is 2.79. The average molecular weight is 476 g/mol. The van der Waals surface area contributed by atoms with E-state index in [0.29, 0.717) is 19.2 Å². The van der Waals surface area contributed by atoms with E-state index in [9.17, 15) is 0 Å². The molecular weight excluding hydrogens is 439 g/mol. The van der Waals surface area contributed by atoms with Crippen LogP contribution in [0.5, 0.6) is 5.75 Å². The molecule has 1 aromatic carbocycles. The highest BCUT2D eigenvalue weighted by Gasteiger charge is 2.08. The van der Waals surface area contributed by atoms with Gasteiger partial charge in [0.15, 0.2) is 5.96 Å². The zero-order chi connectivity index (χ0) is 18.5. The van der Waals surface area contributed by atoms with Crippen molar-refractivity contribution in [1.29, 1.82) is 0 Å². The average Bonchev–Trinajstić information content (AvgIpc) is 2.63. The van der Waals surface area contributed by atoms with Gasteiger partial charge in [0, 0.05) is 25.2 Å². The van der Waals surface area contributed by atoms with Crippen LogP contribution in [-0.2, 0) is 6.54 Å². The Labute approximate surface area is 177 Å². The summed E-state index contributed by atoms with van der Waals surface area (Å²) in [5.74, 6) is 1.77. The molecule has 150 valence electrons. The van der Waals surface area contributed by atoms with E-state index < -0.39 is 0 Å². The lowest BCUT2D eigenvalue weighted by atomic mass is 10.1. The molecule has 5 nitrogen and oxygen atoms in total. The summed E-state index contributed by atoms with van der Waals surface area (Å²) in [6, 6.07) is 8.51. The first-order valence-electron chi connectivity index (χ1n) is 9.54. The Morgan fingerprint density at radius 1 is 1.19 bits per heavy atom. The summed E-state index contributed by atoms with van der Waals surface area (Å²) >= 11 is 0. The Balaban J connectivity index is 0.00000625. The van der Waals surface area contributed by atoms with Crippen molar-refractivity contribution in [2.75, 3.05) is 33.3 Å². The summed E-state index contributed by atoms with van der Waals surface area (Å²) in [6.45, 7) is 13.4. The van der Waals surface area contributed by atoms with Crippen LogP contribution < -0.4 is 15.4 Å². The number of aliphatic imine (C=N–C) groups is 1. The summed E-state index contributed by atoms with van der Waals surface area (Å²) in [4.78, 5) is 6.80. The summed E-state index contributed by atoms with van der Waals surface area (Å²) < 4.78 is 5.68. The quantitative estimate of drug-likeness (QED) is 0.289. The predicted molar refractivity (Wildman–Crippen MR) is 123 cm³/mol. The van der Waals surface area contributed by atoms with Gasteiger partial charge in [0.1, 0.15) is 5.75 Å². The van der Waals surface area contributed by atoms with Gasteiger partial charge in [0.25, 0.3) is 0 Å². The van der Waals surface area contributed by atoms with E-state index in [1.54, 1.807) is 0 Å². The lowest BCUT2D eigenvalue weighted by molar-refractivity contribution is 0.292. The van der Waals surface area contributed by atoms with Crippen LogP contribution in [0.4, 0.5) is 0 Å². The molecule has 1 atom stereocenters. The van der Waals surface area contributed by atoms with Gasteiger partial charge in [0.2, 0.25) is 0 Å². The highest BCUT2D eigenvalue weighted by Crippen LogP contribution is 2.17. The number of guanidine groups is 1. The Morgan fingerprint density at radius 3 is 2.50 bits per heavy atom. The molecule has 1 rings (SSSR count). The summed E-state index contributed by atoms with van der Waals surface area (Å²) in [6.07, 6.45) is 2.33. The minimum atomic E-state index is 0. The third-order valence-electron chi connectivity index (χ3n) is 4.33. The van der Waals surface area contributed by atoms with Crippen LogP contribution in [-0.4, -0.2) is 50.2 Å². The second-order valence-electron chi connectivity index (χ2n) is 6.18. The van der Waals surface area contributed by atoms with Crippen molar-refractivity contribution in [2.24, 2.45) is 4.99 Å².